The van der Waals surface area contributed by atoms with Gasteiger partial charge in [-0.15, -0.1) is 0 Å². The molecule has 0 fully saturated rings. The van der Waals surface area contributed by atoms with Gasteiger partial charge in [0, 0.05) is 6.54 Å². The molecule has 0 amide bonds. The molecule has 0 saturated carbocycles. The average Bonchev–Trinajstić information content (AvgIpc) is 2.25. The molecule has 0 aliphatic rings. The molecule has 1 rings (SSSR count). The largest absolute Gasteiger partial charge is 0.319 e. The molecule has 0 radical (unpaired) electrons. The summed E-state index contributed by atoms with van der Waals surface area (Å²) in [6.07, 6.45) is -3.63. The van der Waals surface area contributed by atoms with Crippen LogP contribution in [0.5, 0.6) is 0 Å². The number of hydrogen-bond donors (Lipinski definition) is 1. The summed E-state index contributed by atoms with van der Waals surface area (Å²) < 4.78 is 49.3. The zero-order valence-corrected chi connectivity index (χ0v) is 10.7. The molecule has 18 heavy (non-hydrogen) atoms. The molecular weight excluding hydrogens is 246 g/mol. The van der Waals surface area contributed by atoms with E-state index in [0.29, 0.717) is 0 Å². The Bertz CT molecular complexity index is 416. The number of aryl methyl sites for hydroxylation is 3. The van der Waals surface area contributed by atoms with E-state index in [9.17, 15) is 17.6 Å². The molecule has 1 N–H and O–H groups in total. The third kappa shape index (κ3) is 3.70. The third-order valence-corrected chi connectivity index (χ3v) is 2.95. The van der Waals surface area contributed by atoms with Crippen LogP contribution in [-0.4, -0.2) is 18.9 Å². The Morgan fingerprint density at radius 2 is 1.61 bits per heavy atom. The first-order chi connectivity index (χ1) is 8.24. The van der Waals surface area contributed by atoms with Gasteiger partial charge in [-0.3, -0.25) is 0 Å². The monoisotopic (exact) mass is 263 g/mol. The summed E-state index contributed by atoms with van der Waals surface area (Å²) in [7, 11) is 0. The lowest BCUT2D eigenvalue weighted by molar-refractivity contribution is -0.125. The Labute approximate surface area is 104 Å². The van der Waals surface area contributed by atoms with Crippen LogP contribution < -0.4 is 5.32 Å². The molecule has 0 saturated heterocycles. The van der Waals surface area contributed by atoms with Crippen LogP contribution in [0.2, 0.25) is 0 Å². The second-order valence-electron chi connectivity index (χ2n) is 4.53. The van der Waals surface area contributed by atoms with Crippen LogP contribution in [0.25, 0.3) is 0 Å². The zero-order valence-electron chi connectivity index (χ0n) is 10.7. The Morgan fingerprint density at radius 3 is 2.17 bits per heavy atom. The summed E-state index contributed by atoms with van der Waals surface area (Å²) >= 11 is 0. The third-order valence-electron chi connectivity index (χ3n) is 2.95. The van der Waals surface area contributed by atoms with Crippen LogP contribution in [-0.2, 0) is 6.54 Å². The molecule has 1 aromatic rings. The lowest BCUT2D eigenvalue weighted by Gasteiger charge is -2.17. The first kappa shape index (κ1) is 15.0. The predicted octanol–water partition coefficient (Wildman–Crippen LogP) is 3.60. The predicted molar refractivity (Wildman–Crippen MR) is 63.3 cm³/mol. The molecule has 0 unspecified atom stereocenters. The van der Waals surface area contributed by atoms with Crippen LogP contribution in [0.3, 0.4) is 0 Å². The van der Waals surface area contributed by atoms with Gasteiger partial charge in [0.05, 0.1) is 6.54 Å². The number of nitrogens with one attached hydrogen (secondary N) is 1. The molecule has 0 aliphatic heterocycles. The molecule has 1 aromatic carbocycles. The van der Waals surface area contributed by atoms with Crippen LogP contribution in [0, 0.1) is 20.8 Å². The molecule has 0 aromatic heterocycles. The lowest BCUT2D eigenvalue weighted by atomic mass is 10.0. The summed E-state index contributed by atoms with van der Waals surface area (Å²) in [5.41, 5.74) is 3.99. The molecule has 1 nitrogen and oxygen atoms in total. The van der Waals surface area contributed by atoms with Crippen LogP contribution in [0.1, 0.15) is 22.3 Å². The van der Waals surface area contributed by atoms with Gasteiger partial charge in [-0.2, -0.15) is 8.78 Å². The summed E-state index contributed by atoms with van der Waals surface area (Å²) in [4.78, 5) is 0. The number of hydrogen-bond acceptors (Lipinski definition) is 1. The number of alkyl halides is 4. The molecule has 5 heteroatoms. The molecule has 0 aliphatic carbocycles. The van der Waals surface area contributed by atoms with Crippen molar-refractivity contribution >= 4 is 0 Å². The van der Waals surface area contributed by atoms with Gasteiger partial charge < -0.3 is 5.32 Å². The van der Waals surface area contributed by atoms with E-state index in [2.05, 4.69) is 5.32 Å². The van der Waals surface area contributed by atoms with Gasteiger partial charge in [0.1, 0.15) is 0 Å². The van der Waals surface area contributed by atoms with Crippen molar-refractivity contribution in [1.29, 1.82) is 0 Å². The standard InChI is InChI=1S/C13H17F4N/c1-8-4-10(3)11(5-9(8)2)6-18-7-13(16,17)12(14)15/h4-5,12,18H,6-7H2,1-3H3. The van der Waals surface area contributed by atoms with E-state index in [1.54, 1.807) is 0 Å². The maximum Gasteiger partial charge on any atom is 0.319 e. The smallest absolute Gasteiger partial charge is 0.307 e. The van der Waals surface area contributed by atoms with E-state index in [-0.39, 0.29) is 6.54 Å². The molecule has 0 atom stereocenters. The van der Waals surface area contributed by atoms with Crippen molar-refractivity contribution < 1.29 is 17.6 Å². The molecule has 102 valence electrons. The highest BCUT2D eigenvalue weighted by molar-refractivity contribution is 5.36. The van der Waals surface area contributed by atoms with E-state index in [4.69, 9.17) is 0 Å². The molecule has 0 bridgehead atoms. The SMILES string of the molecule is Cc1cc(C)c(CNCC(F)(F)C(F)F)cc1C. The quantitative estimate of drug-likeness (QED) is 0.800. The van der Waals surface area contributed by atoms with Gasteiger partial charge in [-0.1, -0.05) is 12.1 Å². The molecular formula is C13H17F4N. The summed E-state index contributed by atoms with van der Waals surface area (Å²) in [6.45, 7) is 4.90. The Hall–Kier alpha value is -1.10. The molecule has 0 heterocycles. The fraction of sp³-hybridized carbons (Fsp3) is 0.538. The number of rotatable bonds is 5. The summed E-state index contributed by atoms with van der Waals surface area (Å²) in [5, 5.41) is 2.38. The maximum absolute atomic E-state index is 12.7. The first-order valence-electron chi connectivity index (χ1n) is 5.67. The second-order valence-corrected chi connectivity index (χ2v) is 4.53. The van der Waals surface area contributed by atoms with E-state index in [0.717, 1.165) is 22.3 Å². The topological polar surface area (TPSA) is 12.0 Å². The van der Waals surface area contributed by atoms with Crippen molar-refractivity contribution in [3.05, 3.63) is 34.4 Å². The van der Waals surface area contributed by atoms with Crippen molar-refractivity contribution in [1.82, 2.24) is 5.32 Å². The minimum atomic E-state index is -3.98. The van der Waals surface area contributed by atoms with Gasteiger partial charge in [0.25, 0.3) is 0 Å². The van der Waals surface area contributed by atoms with Gasteiger partial charge in [0.2, 0.25) is 0 Å². The van der Waals surface area contributed by atoms with Gasteiger partial charge in [-0.25, -0.2) is 8.78 Å². The van der Waals surface area contributed by atoms with Crippen molar-refractivity contribution in [2.45, 2.75) is 39.7 Å². The van der Waals surface area contributed by atoms with Gasteiger partial charge in [-0.05, 0) is 43.0 Å². The van der Waals surface area contributed by atoms with E-state index >= 15 is 0 Å². The number of halogens is 4. The van der Waals surface area contributed by atoms with Crippen LogP contribution in [0.15, 0.2) is 12.1 Å². The fourth-order valence-electron chi connectivity index (χ4n) is 1.65. The average molecular weight is 263 g/mol. The summed E-state index contributed by atoms with van der Waals surface area (Å²) in [6, 6.07) is 3.84. The highest BCUT2D eigenvalue weighted by Crippen LogP contribution is 2.22. The van der Waals surface area contributed by atoms with E-state index < -0.39 is 18.9 Å². The Kier molecular flexibility index (Phi) is 4.73. The Balaban J connectivity index is 2.62. The van der Waals surface area contributed by atoms with Gasteiger partial charge in [0.15, 0.2) is 0 Å². The van der Waals surface area contributed by atoms with Crippen molar-refractivity contribution in [3.8, 4) is 0 Å². The fourth-order valence-corrected chi connectivity index (χ4v) is 1.65. The minimum Gasteiger partial charge on any atom is -0.307 e. The summed E-state index contributed by atoms with van der Waals surface area (Å²) in [5.74, 6) is -3.98. The van der Waals surface area contributed by atoms with Crippen molar-refractivity contribution in [2.75, 3.05) is 6.54 Å². The highest BCUT2D eigenvalue weighted by Gasteiger charge is 2.39. The van der Waals surface area contributed by atoms with Crippen molar-refractivity contribution in [3.63, 3.8) is 0 Å². The van der Waals surface area contributed by atoms with Crippen molar-refractivity contribution in [2.24, 2.45) is 0 Å². The second kappa shape index (κ2) is 5.69. The maximum atomic E-state index is 12.7. The first-order valence-corrected chi connectivity index (χ1v) is 5.67. The highest BCUT2D eigenvalue weighted by atomic mass is 19.3. The minimum absolute atomic E-state index is 0.162. The Morgan fingerprint density at radius 1 is 1.06 bits per heavy atom. The normalized spacial score (nSPS) is 12.2. The van der Waals surface area contributed by atoms with Gasteiger partial charge >= 0.3 is 12.3 Å². The number of benzene rings is 1. The van der Waals surface area contributed by atoms with Crippen LogP contribution >= 0.6 is 0 Å². The van der Waals surface area contributed by atoms with E-state index in [1.165, 1.54) is 0 Å². The van der Waals surface area contributed by atoms with E-state index in [1.807, 2.05) is 32.9 Å². The molecule has 0 spiro atoms. The zero-order chi connectivity index (χ0) is 13.9. The lowest BCUT2D eigenvalue weighted by Crippen LogP contribution is -2.38. The van der Waals surface area contributed by atoms with Crippen LogP contribution in [0.4, 0.5) is 17.6 Å².